The molecule has 3 rings (SSSR count). The fourth-order valence-electron chi connectivity index (χ4n) is 2.07. The zero-order chi connectivity index (χ0) is 19.3. The average Bonchev–Trinajstić information content (AvgIpc) is 3.11. The fraction of sp³-hybridized carbons (Fsp3) is 0.111. The topological polar surface area (TPSA) is 64.8 Å². The smallest absolute Gasteiger partial charge is 0.162 e. The monoisotopic (exact) mass is 361 g/mol. The lowest BCUT2D eigenvalue weighted by Gasteiger charge is -2.05. The minimum atomic E-state index is -0.682. The predicted molar refractivity (Wildman–Crippen MR) is 87.7 cm³/mol. The maximum atomic E-state index is 12.9. The highest BCUT2D eigenvalue weighted by Crippen LogP contribution is 2.15. The van der Waals surface area contributed by atoms with Crippen LogP contribution in [0.1, 0.15) is 34.6 Å². The first-order chi connectivity index (χ1) is 12.3. The largest absolute Gasteiger partial charge is 0.294 e. The van der Waals surface area contributed by atoms with Crippen LogP contribution in [0.2, 0.25) is 0 Å². The van der Waals surface area contributed by atoms with Crippen LogP contribution in [0.15, 0.2) is 48.8 Å². The number of carbonyl (C=O) groups excluding carboxylic acids is 2. The predicted octanol–water partition coefficient (Wildman–Crippen LogP) is 3.78. The quantitative estimate of drug-likeness (QED) is 0.666. The van der Waals surface area contributed by atoms with Crippen molar-refractivity contribution >= 4 is 11.6 Å². The summed E-state index contributed by atoms with van der Waals surface area (Å²) in [5.74, 6) is -2.42. The van der Waals surface area contributed by atoms with Gasteiger partial charge in [-0.25, -0.2) is 13.2 Å². The van der Waals surface area contributed by atoms with Crippen molar-refractivity contribution < 1.29 is 22.8 Å². The summed E-state index contributed by atoms with van der Waals surface area (Å²) in [5.41, 5.74) is 0.546. The Labute approximate surface area is 147 Å². The molecular weight excluding hydrogens is 347 g/mol. The van der Waals surface area contributed by atoms with Crippen LogP contribution in [0.4, 0.5) is 13.2 Å². The van der Waals surface area contributed by atoms with Crippen LogP contribution in [0.25, 0.3) is 5.69 Å². The Morgan fingerprint density at radius 2 is 1.31 bits per heavy atom. The van der Waals surface area contributed by atoms with Gasteiger partial charge in [0.05, 0.1) is 23.6 Å². The number of hydrogen-bond acceptors (Lipinski definition) is 4. The van der Waals surface area contributed by atoms with Gasteiger partial charge in [-0.05, 0) is 50.2 Å². The maximum absolute atomic E-state index is 12.9. The first-order valence-electron chi connectivity index (χ1n) is 7.42. The van der Waals surface area contributed by atoms with Gasteiger partial charge in [-0.3, -0.25) is 9.59 Å². The highest BCUT2D eigenvalue weighted by Gasteiger charge is 2.11. The Hall–Kier alpha value is -3.29. The van der Waals surface area contributed by atoms with E-state index in [-0.39, 0.29) is 16.9 Å². The molecule has 3 aromatic rings. The summed E-state index contributed by atoms with van der Waals surface area (Å²) < 4.78 is 38.0. The van der Waals surface area contributed by atoms with Crippen molar-refractivity contribution in [2.45, 2.75) is 13.8 Å². The van der Waals surface area contributed by atoms with E-state index in [0.29, 0.717) is 5.69 Å². The van der Waals surface area contributed by atoms with Gasteiger partial charge in [-0.2, -0.15) is 15.0 Å². The summed E-state index contributed by atoms with van der Waals surface area (Å²) in [6, 6.07) is 6.73. The maximum Gasteiger partial charge on any atom is 0.162 e. The van der Waals surface area contributed by atoms with E-state index in [2.05, 4.69) is 10.2 Å². The summed E-state index contributed by atoms with van der Waals surface area (Å²) in [6.07, 6.45) is 2.99. The van der Waals surface area contributed by atoms with E-state index in [4.69, 9.17) is 0 Å². The molecule has 134 valence electrons. The van der Waals surface area contributed by atoms with E-state index in [0.717, 1.165) is 18.2 Å². The molecule has 1 aromatic heterocycles. The Balaban J connectivity index is 0.000000197. The molecule has 0 atom stereocenters. The number of rotatable bonds is 3. The number of Topliss-reactive ketones (excluding diaryl/α,β-unsaturated/α-hetero) is 2. The molecule has 0 saturated heterocycles. The fourth-order valence-corrected chi connectivity index (χ4v) is 2.07. The lowest BCUT2D eigenvalue weighted by molar-refractivity contribution is 0.100. The van der Waals surface area contributed by atoms with Crippen LogP contribution in [0.5, 0.6) is 0 Å². The Morgan fingerprint density at radius 3 is 1.81 bits per heavy atom. The molecule has 0 aliphatic carbocycles. The summed E-state index contributed by atoms with van der Waals surface area (Å²) >= 11 is 0. The third-order valence-electron chi connectivity index (χ3n) is 3.28. The van der Waals surface area contributed by atoms with Gasteiger partial charge >= 0.3 is 0 Å². The normalized spacial score (nSPS) is 10.0. The number of carbonyl (C=O) groups is 2. The molecule has 0 bridgehead atoms. The summed E-state index contributed by atoms with van der Waals surface area (Å²) in [6.45, 7) is 2.57. The van der Waals surface area contributed by atoms with Crippen molar-refractivity contribution in [2.24, 2.45) is 0 Å². The molecule has 0 radical (unpaired) electrons. The van der Waals surface area contributed by atoms with Crippen molar-refractivity contribution in [1.29, 1.82) is 0 Å². The van der Waals surface area contributed by atoms with Crippen LogP contribution in [-0.4, -0.2) is 26.6 Å². The minimum Gasteiger partial charge on any atom is -0.294 e. The van der Waals surface area contributed by atoms with E-state index >= 15 is 0 Å². The SMILES string of the molecule is CC(=O)c1cc(F)ccc1-n1nccn1.CC(=O)c1cc(F)ccc1F. The molecule has 26 heavy (non-hydrogen) atoms. The van der Waals surface area contributed by atoms with Gasteiger partial charge in [0.15, 0.2) is 11.6 Å². The third-order valence-corrected chi connectivity index (χ3v) is 3.28. The second-order valence-corrected chi connectivity index (χ2v) is 5.22. The lowest BCUT2D eigenvalue weighted by atomic mass is 10.1. The average molecular weight is 361 g/mol. The van der Waals surface area contributed by atoms with Gasteiger partial charge in [0.1, 0.15) is 17.5 Å². The number of hydrogen-bond donors (Lipinski definition) is 0. The third kappa shape index (κ3) is 4.62. The highest BCUT2D eigenvalue weighted by atomic mass is 19.1. The molecule has 0 amide bonds. The van der Waals surface area contributed by atoms with E-state index in [1.807, 2.05) is 0 Å². The Kier molecular flexibility index (Phi) is 6.00. The van der Waals surface area contributed by atoms with E-state index in [1.165, 1.54) is 49.2 Å². The molecule has 5 nitrogen and oxygen atoms in total. The van der Waals surface area contributed by atoms with E-state index < -0.39 is 23.2 Å². The summed E-state index contributed by atoms with van der Waals surface area (Å²) in [7, 11) is 0. The second kappa shape index (κ2) is 8.19. The number of aromatic nitrogens is 3. The van der Waals surface area contributed by atoms with Crippen LogP contribution in [0, 0.1) is 17.5 Å². The number of ketones is 2. The molecule has 0 spiro atoms. The molecule has 0 aliphatic rings. The standard InChI is InChI=1S/C10H8FN3O.C8H6F2O/c1-7(15)9-6-8(11)2-3-10(9)14-12-4-5-13-14;1-5(11)7-4-6(9)2-3-8(7)10/h2-6H,1H3;2-4H,1H3. The second-order valence-electron chi connectivity index (χ2n) is 5.22. The zero-order valence-electron chi connectivity index (χ0n) is 13.9. The first-order valence-corrected chi connectivity index (χ1v) is 7.42. The van der Waals surface area contributed by atoms with Gasteiger partial charge in [0.2, 0.25) is 0 Å². The van der Waals surface area contributed by atoms with Gasteiger partial charge < -0.3 is 0 Å². The van der Waals surface area contributed by atoms with Gasteiger partial charge in [0, 0.05) is 5.56 Å². The molecule has 2 aromatic carbocycles. The van der Waals surface area contributed by atoms with Gasteiger partial charge in [-0.1, -0.05) is 0 Å². The van der Waals surface area contributed by atoms with Crippen LogP contribution >= 0.6 is 0 Å². The highest BCUT2D eigenvalue weighted by molar-refractivity contribution is 5.97. The molecule has 0 unspecified atom stereocenters. The van der Waals surface area contributed by atoms with E-state index in [9.17, 15) is 22.8 Å². The van der Waals surface area contributed by atoms with Crippen molar-refractivity contribution in [2.75, 3.05) is 0 Å². The lowest BCUT2D eigenvalue weighted by Crippen LogP contribution is -2.06. The number of halogens is 3. The van der Waals surface area contributed by atoms with Crippen molar-refractivity contribution in [1.82, 2.24) is 15.0 Å². The van der Waals surface area contributed by atoms with Crippen molar-refractivity contribution in [3.63, 3.8) is 0 Å². The number of benzene rings is 2. The van der Waals surface area contributed by atoms with Crippen LogP contribution < -0.4 is 0 Å². The van der Waals surface area contributed by atoms with Crippen molar-refractivity contribution in [3.05, 3.63) is 77.4 Å². The molecule has 1 heterocycles. The van der Waals surface area contributed by atoms with Crippen LogP contribution in [-0.2, 0) is 0 Å². The minimum absolute atomic E-state index is 0.204. The molecular formula is C18H14F3N3O2. The van der Waals surface area contributed by atoms with Crippen LogP contribution in [0.3, 0.4) is 0 Å². The van der Waals surface area contributed by atoms with Gasteiger partial charge in [0.25, 0.3) is 0 Å². The van der Waals surface area contributed by atoms with Crippen molar-refractivity contribution in [3.8, 4) is 5.69 Å². The zero-order valence-corrected chi connectivity index (χ0v) is 13.9. The number of nitrogens with zero attached hydrogens (tertiary/aromatic N) is 3. The molecule has 8 heteroatoms. The Bertz CT molecular complexity index is 941. The first kappa shape index (κ1) is 19.0. The Morgan fingerprint density at radius 1 is 0.808 bits per heavy atom. The summed E-state index contributed by atoms with van der Waals surface area (Å²) in [5, 5.41) is 7.78. The molecule has 0 aliphatic heterocycles. The molecule has 0 saturated carbocycles. The summed E-state index contributed by atoms with van der Waals surface area (Å²) in [4.78, 5) is 23.2. The molecule has 0 N–H and O–H groups in total. The van der Waals surface area contributed by atoms with Gasteiger partial charge in [-0.15, -0.1) is 0 Å². The molecule has 0 fully saturated rings. The van der Waals surface area contributed by atoms with E-state index in [1.54, 1.807) is 0 Å².